The Bertz CT molecular complexity index is 922. The van der Waals surface area contributed by atoms with Crippen molar-refractivity contribution in [3.05, 3.63) is 40.8 Å². The standard InChI is InChI=1S/C17H16FN3O2S/c1-8(17(22)23)19-15-14-13(11-4-6-12(18)7-5-11)9(2)24-16(14)21-10(3)20-15/h4-8H,1-3H3,(H,22,23)(H,19,20,21). The Balaban J connectivity index is 2.24. The quantitative estimate of drug-likeness (QED) is 0.747. The molecule has 2 heterocycles. The van der Waals surface area contributed by atoms with Crippen molar-refractivity contribution in [2.24, 2.45) is 0 Å². The molecule has 0 aliphatic rings. The predicted octanol–water partition coefficient (Wildman–Crippen LogP) is 4.00. The molecule has 2 N–H and O–H groups in total. The maximum Gasteiger partial charge on any atom is 0.325 e. The highest BCUT2D eigenvalue weighted by molar-refractivity contribution is 7.19. The highest BCUT2D eigenvalue weighted by Gasteiger charge is 2.20. The molecule has 7 heteroatoms. The number of fused-ring (bicyclic) bond motifs is 1. The smallest absolute Gasteiger partial charge is 0.325 e. The van der Waals surface area contributed by atoms with Gasteiger partial charge in [-0.2, -0.15) is 0 Å². The summed E-state index contributed by atoms with van der Waals surface area (Å²) in [6.45, 7) is 5.29. The number of halogens is 1. The van der Waals surface area contributed by atoms with Crippen LogP contribution in [-0.2, 0) is 4.79 Å². The summed E-state index contributed by atoms with van der Waals surface area (Å²) in [6.07, 6.45) is 0. The van der Waals surface area contributed by atoms with Crippen molar-refractivity contribution in [3.8, 4) is 11.1 Å². The third-order valence-corrected chi connectivity index (χ3v) is 4.70. The number of carbonyl (C=O) groups is 1. The van der Waals surface area contributed by atoms with Crippen molar-refractivity contribution < 1.29 is 14.3 Å². The fourth-order valence-electron chi connectivity index (χ4n) is 2.55. The third kappa shape index (κ3) is 2.94. The van der Waals surface area contributed by atoms with Crippen molar-refractivity contribution >= 4 is 33.3 Å². The van der Waals surface area contributed by atoms with E-state index in [1.807, 2.05) is 6.92 Å². The van der Waals surface area contributed by atoms with Crippen LogP contribution in [0.25, 0.3) is 21.3 Å². The van der Waals surface area contributed by atoms with E-state index in [-0.39, 0.29) is 5.82 Å². The van der Waals surface area contributed by atoms with Gasteiger partial charge < -0.3 is 10.4 Å². The Kier molecular flexibility index (Phi) is 4.19. The van der Waals surface area contributed by atoms with E-state index < -0.39 is 12.0 Å². The van der Waals surface area contributed by atoms with Crippen LogP contribution in [-0.4, -0.2) is 27.1 Å². The number of benzene rings is 1. The molecule has 5 nitrogen and oxygen atoms in total. The summed E-state index contributed by atoms with van der Waals surface area (Å²) in [7, 11) is 0. The SMILES string of the molecule is Cc1nc(NC(C)C(=O)O)c2c(-c3ccc(F)cc3)c(C)sc2n1. The molecule has 0 aliphatic heterocycles. The number of carboxylic acids is 1. The van der Waals surface area contributed by atoms with Gasteiger partial charge in [-0.15, -0.1) is 11.3 Å². The summed E-state index contributed by atoms with van der Waals surface area (Å²) in [6, 6.07) is 5.42. The minimum atomic E-state index is -0.963. The Hall–Kier alpha value is -2.54. The van der Waals surface area contributed by atoms with Gasteiger partial charge in [0.1, 0.15) is 28.3 Å². The predicted molar refractivity (Wildman–Crippen MR) is 93.0 cm³/mol. The molecule has 0 radical (unpaired) electrons. The highest BCUT2D eigenvalue weighted by atomic mass is 32.1. The minimum absolute atomic E-state index is 0.305. The number of aryl methyl sites for hydroxylation is 2. The van der Waals surface area contributed by atoms with Crippen molar-refractivity contribution in [2.45, 2.75) is 26.8 Å². The normalized spacial score (nSPS) is 12.3. The van der Waals surface area contributed by atoms with E-state index in [4.69, 9.17) is 5.11 Å². The maximum absolute atomic E-state index is 13.2. The summed E-state index contributed by atoms with van der Waals surface area (Å²) in [5.41, 5.74) is 1.74. The van der Waals surface area contributed by atoms with Gasteiger partial charge in [-0.05, 0) is 38.5 Å². The van der Waals surface area contributed by atoms with Gasteiger partial charge >= 0.3 is 5.97 Å². The molecule has 0 spiro atoms. The second-order valence-corrected chi connectivity index (χ2v) is 6.75. The second kappa shape index (κ2) is 6.16. The molecule has 24 heavy (non-hydrogen) atoms. The van der Waals surface area contributed by atoms with Gasteiger partial charge in [-0.25, -0.2) is 14.4 Å². The highest BCUT2D eigenvalue weighted by Crippen LogP contribution is 2.40. The van der Waals surface area contributed by atoms with E-state index in [1.165, 1.54) is 23.5 Å². The Morgan fingerprint density at radius 1 is 1.25 bits per heavy atom. The lowest BCUT2D eigenvalue weighted by molar-refractivity contribution is -0.137. The van der Waals surface area contributed by atoms with Gasteiger partial charge in [0.2, 0.25) is 0 Å². The molecule has 0 saturated carbocycles. The Morgan fingerprint density at radius 3 is 2.54 bits per heavy atom. The monoisotopic (exact) mass is 345 g/mol. The van der Waals surface area contributed by atoms with Crippen molar-refractivity contribution in [1.29, 1.82) is 0 Å². The van der Waals surface area contributed by atoms with E-state index in [9.17, 15) is 9.18 Å². The van der Waals surface area contributed by atoms with Crippen LogP contribution >= 0.6 is 11.3 Å². The zero-order valence-corrected chi connectivity index (χ0v) is 14.2. The number of anilines is 1. The minimum Gasteiger partial charge on any atom is -0.480 e. The number of hydrogen-bond donors (Lipinski definition) is 2. The van der Waals surface area contributed by atoms with Crippen molar-refractivity contribution in [2.75, 3.05) is 5.32 Å². The average molecular weight is 345 g/mol. The molecule has 0 aliphatic carbocycles. The Labute approximate surface area is 142 Å². The number of aliphatic carboxylic acids is 1. The van der Waals surface area contributed by atoms with E-state index in [2.05, 4.69) is 15.3 Å². The molecule has 3 rings (SSSR count). The first-order valence-electron chi connectivity index (χ1n) is 7.40. The number of aromatic nitrogens is 2. The molecule has 124 valence electrons. The van der Waals surface area contributed by atoms with Gasteiger partial charge in [0.05, 0.1) is 5.39 Å². The Morgan fingerprint density at radius 2 is 1.92 bits per heavy atom. The average Bonchev–Trinajstić information content (AvgIpc) is 2.84. The fourth-order valence-corrected chi connectivity index (χ4v) is 3.64. The van der Waals surface area contributed by atoms with E-state index in [0.717, 1.165) is 26.2 Å². The van der Waals surface area contributed by atoms with E-state index in [1.54, 1.807) is 26.0 Å². The third-order valence-electron chi connectivity index (χ3n) is 3.70. The first-order chi connectivity index (χ1) is 11.4. The number of carboxylic acid groups (broad SMARTS) is 1. The van der Waals surface area contributed by atoms with Crippen LogP contribution in [0.5, 0.6) is 0 Å². The van der Waals surface area contributed by atoms with Crippen molar-refractivity contribution in [3.63, 3.8) is 0 Å². The molecule has 0 fully saturated rings. The lowest BCUT2D eigenvalue weighted by Crippen LogP contribution is -2.26. The summed E-state index contributed by atoms with van der Waals surface area (Å²) in [4.78, 5) is 21.8. The lowest BCUT2D eigenvalue weighted by Gasteiger charge is -2.13. The van der Waals surface area contributed by atoms with Crippen LogP contribution in [0.1, 0.15) is 17.6 Å². The van der Waals surface area contributed by atoms with E-state index in [0.29, 0.717) is 11.6 Å². The lowest BCUT2D eigenvalue weighted by atomic mass is 10.0. The molecule has 1 unspecified atom stereocenters. The van der Waals surface area contributed by atoms with Gasteiger partial charge in [0, 0.05) is 10.4 Å². The zero-order chi connectivity index (χ0) is 17.4. The zero-order valence-electron chi connectivity index (χ0n) is 13.4. The van der Waals surface area contributed by atoms with Crippen LogP contribution in [0.15, 0.2) is 24.3 Å². The molecule has 3 aromatic rings. The molecular formula is C17H16FN3O2S. The molecule has 2 aromatic heterocycles. The largest absolute Gasteiger partial charge is 0.480 e. The van der Waals surface area contributed by atoms with Gasteiger partial charge in [-0.1, -0.05) is 12.1 Å². The molecule has 0 amide bonds. The van der Waals surface area contributed by atoms with Gasteiger partial charge in [0.15, 0.2) is 0 Å². The number of rotatable bonds is 4. The fraction of sp³-hybridized carbons (Fsp3) is 0.235. The summed E-state index contributed by atoms with van der Waals surface area (Å²) >= 11 is 1.51. The first-order valence-corrected chi connectivity index (χ1v) is 8.21. The molecule has 1 atom stereocenters. The van der Waals surface area contributed by atoms with Gasteiger partial charge in [0.25, 0.3) is 0 Å². The van der Waals surface area contributed by atoms with E-state index >= 15 is 0 Å². The first kappa shape index (κ1) is 16.3. The number of hydrogen-bond acceptors (Lipinski definition) is 5. The second-order valence-electron chi connectivity index (χ2n) is 5.54. The van der Waals surface area contributed by atoms with Gasteiger partial charge in [-0.3, -0.25) is 4.79 Å². The molecule has 0 saturated heterocycles. The van der Waals surface area contributed by atoms with Crippen LogP contribution in [0.2, 0.25) is 0 Å². The topological polar surface area (TPSA) is 75.1 Å². The van der Waals surface area contributed by atoms with Crippen LogP contribution in [0.4, 0.5) is 10.2 Å². The number of nitrogens with one attached hydrogen (secondary N) is 1. The van der Waals surface area contributed by atoms with Crippen LogP contribution in [0.3, 0.4) is 0 Å². The maximum atomic E-state index is 13.2. The molecule has 0 bridgehead atoms. The summed E-state index contributed by atoms with van der Waals surface area (Å²) < 4.78 is 13.2. The van der Waals surface area contributed by atoms with Crippen LogP contribution < -0.4 is 5.32 Å². The molecule has 1 aromatic carbocycles. The summed E-state index contributed by atoms with van der Waals surface area (Å²) in [5, 5.41) is 12.9. The van der Waals surface area contributed by atoms with Crippen molar-refractivity contribution in [1.82, 2.24) is 9.97 Å². The van der Waals surface area contributed by atoms with Crippen LogP contribution in [0, 0.1) is 19.7 Å². The number of nitrogens with zero attached hydrogens (tertiary/aromatic N) is 2. The number of thiophene rings is 1. The summed E-state index contributed by atoms with van der Waals surface area (Å²) in [5.74, 6) is -0.221. The molecular weight excluding hydrogens is 329 g/mol.